The summed E-state index contributed by atoms with van der Waals surface area (Å²) >= 11 is 0. The average molecular weight is 220 g/mol. The molecule has 0 radical (unpaired) electrons. The van der Waals surface area contributed by atoms with Crippen molar-refractivity contribution in [2.45, 2.75) is 6.92 Å². The lowest BCUT2D eigenvalue weighted by Gasteiger charge is -2.18. The van der Waals surface area contributed by atoms with Crippen LogP contribution < -0.4 is 9.47 Å². The summed E-state index contributed by atoms with van der Waals surface area (Å²) in [5.74, 6) is 0.981. The van der Waals surface area contributed by atoms with E-state index >= 15 is 0 Å². The quantitative estimate of drug-likeness (QED) is 0.611. The number of ketones is 1. The molecular weight excluding hydrogens is 208 g/mol. The Morgan fingerprint density at radius 3 is 2.69 bits per heavy atom. The summed E-state index contributed by atoms with van der Waals surface area (Å²) in [4.78, 5) is 10.8. The van der Waals surface area contributed by atoms with E-state index in [0.717, 1.165) is 0 Å². The molecule has 16 heavy (non-hydrogen) atoms. The monoisotopic (exact) mass is 220 g/mol. The minimum Gasteiger partial charge on any atom is -0.507 e. The van der Waals surface area contributed by atoms with E-state index in [1.807, 2.05) is 0 Å². The predicted molar refractivity (Wildman–Crippen MR) is 58.7 cm³/mol. The van der Waals surface area contributed by atoms with Crippen LogP contribution in [0, 0.1) is 0 Å². The maximum absolute atomic E-state index is 10.8. The van der Waals surface area contributed by atoms with E-state index in [2.05, 4.69) is 0 Å². The molecule has 0 atom stereocenters. The third-order valence-electron chi connectivity index (χ3n) is 2.18. The number of ether oxygens (including phenoxy) is 2. The highest BCUT2D eigenvalue weighted by Crippen LogP contribution is 2.32. The summed E-state index contributed by atoms with van der Waals surface area (Å²) in [7, 11) is 0. The lowest BCUT2D eigenvalue weighted by Crippen LogP contribution is -2.15. The first kappa shape index (κ1) is 10.5. The fourth-order valence-electron chi connectivity index (χ4n) is 1.48. The van der Waals surface area contributed by atoms with Crippen LogP contribution in [0.25, 0.3) is 5.76 Å². The molecule has 1 aromatic rings. The van der Waals surface area contributed by atoms with Gasteiger partial charge in [-0.05, 0) is 25.1 Å². The minimum absolute atomic E-state index is 0.0653. The number of fused-ring (bicyclic) bond motifs is 1. The van der Waals surface area contributed by atoms with Gasteiger partial charge in [-0.15, -0.1) is 0 Å². The van der Waals surface area contributed by atoms with Gasteiger partial charge in [0.1, 0.15) is 19.0 Å². The SMILES string of the molecule is CC(=O)C=C(O)c1ccc2c(c1)OCCO2. The van der Waals surface area contributed by atoms with Crippen molar-refractivity contribution < 1.29 is 19.4 Å². The highest BCUT2D eigenvalue weighted by Gasteiger charge is 2.12. The van der Waals surface area contributed by atoms with E-state index < -0.39 is 0 Å². The zero-order valence-corrected chi connectivity index (χ0v) is 8.90. The van der Waals surface area contributed by atoms with Gasteiger partial charge in [0, 0.05) is 11.6 Å². The Kier molecular flexibility index (Phi) is 2.81. The number of allylic oxidation sites excluding steroid dienone is 1. The molecule has 4 nitrogen and oxygen atoms in total. The Bertz CT molecular complexity index is 448. The second kappa shape index (κ2) is 4.26. The lowest BCUT2D eigenvalue weighted by molar-refractivity contribution is -0.112. The molecule has 0 fully saturated rings. The largest absolute Gasteiger partial charge is 0.507 e. The topological polar surface area (TPSA) is 55.8 Å². The molecule has 0 unspecified atom stereocenters. The summed E-state index contributed by atoms with van der Waals surface area (Å²) in [5.41, 5.74) is 0.541. The van der Waals surface area contributed by atoms with Gasteiger partial charge in [-0.3, -0.25) is 4.79 Å². The van der Waals surface area contributed by atoms with Crippen LogP contribution in [-0.2, 0) is 4.79 Å². The average Bonchev–Trinajstić information content (AvgIpc) is 2.27. The molecule has 2 rings (SSSR count). The molecule has 0 spiro atoms. The van der Waals surface area contributed by atoms with Crippen molar-refractivity contribution in [3.8, 4) is 11.5 Å². The van der Waals surface area contributed by atoms with Gasteiger partial charge in [0.2, 0.25) is 0 Å². The standard InChI is InChI=1S/C12H12O4/c1-8(13)6-10(14)9-2-3-11-12(7-9)16-5-4-15-11/h2-3,6-7,14H,4-5H2,1H3. The van der Waals surface area contributed by atoms with E-state index in [1.54, 1.807) is 18.2 Å². The summed E-state index contributed by atoms with van der Waals surface area (Å²) in [5, 5.41) is 9.64. The number of hydrogen-bond acceptors (Lipinski definition) is 4. The van der Waals surface area contributed by atoms with Crippen LogP contribution in [0.15, 0.2) is 24.3 Å². The second-order valence-corrected chi connectivity index (χ2v) is 3.50. The number of aliphatic hydroxyl groups is 1. The highest BCUT2D eigenvalue weighted by atomic mass is 16.6. The van der Waals surface area contributed by atoms with E-state index in [9.17, 15) is 9.90 Å². The Labute approximate surface area is 93.1 Å². The zero-order chi connectivity index (χ0) is 11.5. The van der Waals surface area contributed by atoms with Gasteiger partial charge in [-0.2, -0.15) is 0 Å². The molecule has 0 saturated heterocycles. The third kappa shape index (κ3) is 2.16. The van der Waals surface area contributed by atoms with Crippen molar-refractivity contribution in [3.63, 3.8) is 0 Å². The molecule has 84 valence electrons. The van der Waals surface area contributed by atoms with E-state index in [-0.39, 0.29) is 11.5 Å². The van der Waals surface area contributed by atoms with Crippen molar-refractivity contribution in [3.05, 3.63) is 29.8 Å². The van der Waals surface area contributed by atoms with Crippen molar-refractivity contribution in [2.24, 2.45) is 0 Å². The van der Waals surface area contributed by atoms with Crippen molar-refractivity contribution in [1.29, 1.82) is 0 Å². The maximum atomic E-state index is 10.8. The number of carbonyl (C=O) groups is 1. The molecule has 1 N–H and O–H groups in total. The number of hydrogen-bond donors (Lipinski definition) is 1. The number of aliphatic hydroxyl groups excluding tert-OH is 1. The number of carbonyl (C=O) groups excluding carboxylic acids is 1. The summed E-state index contributed by atoms with van der Waals surface area (Å²) in [6, 6.07) is 5.06. The fraction of sp³-hybridized carbons (Fsp3) is 0.250. The van der Waals surface area contributed by atoms with E-state index in [4.69, 9.17) is 9.47 Å². The maximum Gasteiger partial charge on any atom is 0.162 e. The van der Waals surface area contributed by atoms with E-state index in [0.29, 0.717) is 30.3 Å². The van der Waals surface area contributed by atoms with Crippen LogP contribution in [0.1, 0.15) is 12.5 Å². The molecule has 0 saturated carbocycles. The lowest BCUT2D eigenvalue weighted by atomic mass is 10.1. The van der Waals surface area contributed by atoms with Crippen molar-refractivity contribution in [2.75, 3.05) is 13.2 Å². The molecule has 0 aromatic heterocycles. The normalized spacial score (nSPS) is 14.7. The van der Waals surface area contributed by atoms with Crippen LogP contribution in [0.2, 0.25) is 0 Å². The Morgan fingerprint density at radius 2 is 2.00 bits per heavy atom. The Morgan fingerprint density at radius 1 is 1.31 bits per heavy atom. The molecule has 0 aliphatic carbocycles. The van der Waals surface area contributed by atoms with Crippen LogP contribution in [0.5, 0.6) is 11.5 Å². The summed E-state index contributed by atoms with van der Waals surface area (Å²) in [6.45, 7) is 2.41. The predicted octanol–water partition coefficient (Wildman–Crippen LogP) is 1.95. The van der Waals surface area contributed by atoms with Crippen LogP contribution in [0.3, 0.4) is 0 Å². The smallest absolute Gasteiger partial charge is 0.162 e. The van der Waals surface area contributed by atoms with Gasteiger partial charge < -0.3 is 14.6 Å². The van der Waals surface area contributed by atoms with Gasteiger partial charge in [0.25, 0.3) is 0 Å². The molecular formula is C12H12O4. The van der Waals surface area contributed by atoms with Crippen LogP contribution >= 0.6 is 0 Å². The van der Waals surface area contributed by atoms with Gasteiger partial charge in [-0.1, -0.05) is 0 Å². The minimum atomic E-state index is -0.201. The fourth-order valence-corrected chi connectivity index (χ4v) is 1.48. The van der Waals surface area contributed by atoms with Crippen molar-refractivity contribution in [1.82, 2.24) is 0 Å². The summed E-state index contributed by atoms with van der Waals surface area (Å²) < 4.78 is 10.7. The molecule has 1 heterocycles. The molecule has 0 amide bonds. The van der Waals surface area contributed by atoms with Gasteiger partial charge in [-0.25, -0.2) is 0 Å². The first-order chi connectivity index (χ1) is 7.66. The molecule has 1 aromatic carbocycles. The van der Waals surface area contributed by atoms with Gasteiger partial charge in [0.05, 0.1) is 0 Å². The number of benzene rings is 1. The van der Waals surface area contributed by atoms with E-state index in [1.165, 1.54) is 13.0 Å². The number of rotatable bonds is 2. The Hall–Kier alpha value is -1.97. The molecule has 1 aliphatic heterocycles. The second-order valence-electron chi connectivity index (χ2n) is 3.50. The van der Waals surface area contributed by atoms with Crippen molar-refractivity contribution >= 4 is 11.5 Å². The van der Waals surface area contributed by atoms with Gasteiger partial charge in [0.15, 0.2) is 17.3 Å². The zero-order valence-electron chi connectivity index (χ0n) is 8.90. The van der Waals surface area contributed by atoms with Gasteiger partial charge >= 0.3 is 0 Å². The van der Waals surface area contributed by atoms with Crippen LogP contribution in [-0.4, -0.2) is 24.1 Å². The molecule has 1 aliphatic rings. The van der Waals surface area contributed by atoms with Crippen LogP contribution in [0.4, 0.5) is 0 Å². The third-order valence-corrected chi connectivity index (χ3v) is 2.18. The molecule has 0 bridgehead atoms. The molecule has 4 heteroatoms. The highest BCUT2D eigenvalue weighted by molar-refractivity contribution is 5.93. The Balaban J connectivity index is 2.33. The first-order valence-electron chi connectivity index (χ1n) is 4.98. The summed E-state index contributed by atoms with van der Waals surface area (Å²) in [6.07, 6.45) is 1.17. The first-order valence-corrected chi connectivity index (χ1v) is 4.98.